The van der Waals surface area contributed by atoms with E-state index in [9.17, 15) is 4.57 Å². The van der Waals surface area contributed by atoms with Crippen molar-refractivity contribution in [1.29, 1.82) is 0 Å². The minimum absolute atomic E-state index is 0.335. The lowest BCUT2D eigenvalue weighted by Gasteiger charge is -2.35. The highest BCUT2D eigenvalue weighted by molar-refractivity contribution is 7.55. The quantitative estimate of drug-likeness (QED) is 0.301. The number of hydrogen-bond donors (Lipinski definition) is 0. The van der Waals surface area contributed by atoms with Crippen molar-refractivity contribution in [2.45, 2.75) is 90.1 Å². The summed E-state index contributed by atoms with van der Waals surface area (Å²) in [5.41, 5.74) is 0. The Morgan fingerprint density at radius 2 is 1.20 bits per heavy atom. The molecule has 0 N–H and O–H groups in total. The Labute approximate surface area is 126 Å². The van der Waals surface area contributed by atoms with Crippen LogP contribution in [0.5, 0.6) is 0 Å². The van der Waals surface area contributed by atoms with Gasteiger partial charge in [0.05, 0.1) is 5.16 Å². The van der Waals surface area contributed by atoms with E-state index in [-0.39, 0.29) is 5.16 Å². The van der Waals surface area contributed by atoms with Gasteiger partial charge in [0.1, 0.15) is 0 Å². The Bertz CT molecular complexity index is 259. The van der Waals surface area contributed by atoms with Crippen molar-refractivity contribution >= 4 is 7.60 Å². The van der Waals surface area contributed by atoms with Crippen molar-refractivity contribution in [1.82, 2.24) is 0 Å². The van der Waals surface area contributed by atoms with E-state index < -0.39 is 7.60 Å². The first-order chi connectivity index (χ1) is 9.49. The fourth-order valence-electron chi connectivity index (χ4n) is 2.78. The van der Waals surface area contributed by atoms with Gasteiger partial charge in [0.25, 0.3) is 0 Å². The summed E-state index contributed by atoms with van der Waals surface area (Å²) in [5.74, 6) is 0. The van der Waals surface area contributed by atoms with E-state index in [0.29, 0.717) is 0 Å². The third kappa shape index (κ3) is 6.28. The SMILES string of the molecule is CCCCCCC(C)(CCCCCC)P(=O)(OC)OC. The predicted octanol–water partition coefficient (Wildman–Crippen LogP) is 6.17. The largest absolute Gasteiger partial charge is 0.335 e. The van der Waals surface area contributed by atoms with E-state index in [1.54, 1.807) is 0 Å². The maximum Gasteiger partial charge on any atom is 0.335 e. The average molecular weight is 306 g/mol. The molecule has 3 nitrogen and oxygen atoms in total. The summed E-state index contributed by atoms with van der Waals surface area (Å²) in [5, 5.41) is -0.335. The molecule has 0 saturated heterocycles. The molecule has 0 heterocycles. The summed E-state index contributed by atoms with van der Waals surface area (Å²) < 4.78 is 23.5. The second-order valence-electron chi connectivity index (χ2n) is 5.98. The maximum absolute atomic E-state index is 12.9. The van der Waals surface area contributed by atoms with Crippen molar-refractivity contribution in [3.8, 4) is 0 Å². The second kappa shape index (κ2) is 10.8. The monoisotopic (exact) mass is 306 g/mol. The Morgan fingerprint density at radius 3 is 1.50 bits per heavy atom. The summed E-state index contributed by atoms with van der Waals surface area (Å²) >= 11 is 0. The van der Waals surface area contributed by atoms with Gasteiger partial charge in [-0.05, 0) is 19.8 Å². The summed E-state index contributed by atoms with van der Waals surface area (Å²) in [4.78, 5) is 0. The molecule has 0 aliphatic rings. The van der Waals surface area contributed by atoms with Gasteiger partial charge in [-0.2, -0.15) is 0 Å². The first-order valence-electron chi connectivity index (χ1n) is 8.21. The number of hydrogen-bond acceptors (Lipinski definition) is 3. The van der Waals surface area contributed by atoms with Crippen LogP contribution in [0.3, 0.4) is 0 Å². The lowest BCUT2D eigenvalue weighted by Crippen LogP contribution is -2.26. The van der Waals surface area contributed by atoms with Gasteiger partial charge in [-0.1, -0.05) is 65.2 Å². The molecule has 0 aromatic heterocycles. The molecule has 0 fully saturated rings. The molecule has 0 bridgehead atoms. The Hall–Kier alpha value is 0.150. The van der Waals surface area contributed by atoms with Gasteiger partial charge in [-0.3, -0.25) is 4.57 Å². The van der Waals surface area contributed by atoms with E-state index in [1.807, 2.05) is 0 Å². The highest BCUT2D eigenvalue weighted by Gasteiger charge is 2.44. The molecule has 0 aromatic carbocycles. The zero-order valence-electron chi connectivity index (χ0n) is 14.2. The van der Waals surface area contributed by atoms with Crippen molar-refractivity contribution in [2.24, 2.45) is 0 Å². The molecule has 0 amide bonds. The molecule has 0 aromatic rings. The Morgan fingerprint density at radius 1 is 0.800 bits per heavy atom. The highest BCUT2D eigenvalue weighted by atomic mass is 31.2. The molecular weight excluding hydrogens is 271 g/mol. The van der Waals surface area contributed by atoms with E-state index in [4.69, 9.17) is 9.05 Å². The Balaban J connectivity index is 4.61. The fourth-order valence-corrected chi connectivity index (χ4v) is 4.67. The lowest BCUT2D eigenvalue weighted by atomic mass is 9.95. The molecule has 0 aliphatic carbocycles. The lowest BCUT2D eigenvalue weighted by molar-refractivity contribution is 0.236. The highest BCUT2D eigenvalue weighted by Crippen LogP contribution is 2.62. The number of unbranched alkanes of at least 4 members (excludes halogenated alkanes) is 6. The molecule has 0 spiro atoms. The normalized spacial score (nSPS) is 12.8. The van der Waals surface area contributed by atoms with Crippen LogP contribution in [0.15, 0.2) is 0 Å². The van der Waals surface area contributed by atoms with E-state index in [2.05, 4.69) is 20.8 Å². The van der Waals surface area contributed by atoms with Crippen molar-refractivity contribution in [2.75, 3.05) is 14.2 Å². The van der Waals surface area contributed by atoms with Crippen LogP contribution in [0.2, 0.25) is 0 Å². The van der Waals surface area contributed by atoms with Gasteiger partial charge in [-0.25, -0.2) is 0 Å². The third-order valence-electron chi connectivity index (χ3n) is 4.28. The van der Waals surface area contributed by atoms with Crippen LogP contribution in [0.25, 0.3) is 0 Å². The zero-order chi connectivity index (χ0) is 15.5. The van der Waals surface area contributed by atoms with Gasteiger partial charge < -0.3 is 9.05 Å². The van der Waals surface area contributed by atoms with Crippen LogP contribution < -0.4 is 0 Å². The number of rotatable bonds is 13. The molecule has 0 aliphatic heterocycles. The molecule has 122 valence electrons. The first kappa shape index (κ1) is 20.1. The van der Waals surface area contributed by atoms with Gasteiger partial charge in [0.15, 0.2) is 0 Å². The zero-order valence-corrected chi connectivity index (χ0v) is 15.1. The van der Waals surface area contributed by atoms with Gasteiger partial charge in [0, 0.05) is 14.2 Å². The van der Waals surface area contributed by atoms with E-state index in [0.717, 1.165) is 25.7 Å². The Kier molecular flexibility index (Phi) is 10.9. The van der Waals surface area contributed by atoms with Crippen LogP contribution in [-0.4, -0.2) is 19.4 Å². The van der Waals surface area contributed by atoms with Gasteiger partial charge in [0.2, 0.25) is 0 Å². The molecule has 20 heavy (non-hydrogen) atoms. The van der Waals surface area contributed by atoms with E-state index >= 15 is 0 Å². The van der Waals surface area contributed by atoms with Gasteiger partial charge >= 0.3 is 7.60 Å². The molecule has 0 rings (SSSR count). The first-order valence-corrected chi connectivity index (χ1v) is 9.75. The van der Waals surface area contributed by atoms with Crippen molar-refractivity contribution < 1.29 is 13.6 Å². The third-order valence-corrected chi connectivity index (χ3v) is 7.01. The van der Waals surface area contributed by atoms with E-state index in [1.165, 1.54) is 52.7 Å². The standard InChI is InChI=1S/C16H35O3P/c1-6-8-10-12-14-16(3,15-13-11-9-7-2)20(17,18-4)19-5/h6-15H2,1-5H3. The minimum atomic E-state index is -3.00. The smallest absolute Gasteiger partial charge is 0.312 e. The second-order valence-corrected chi connectivity index (χ2v) is 8.79. The van der Waals surface area contributed by atoms with Crippen LogP contribution >= 0.6 is 7.60 Å². The molecular formula is C16H35O3P. The summed E-state index contributed by atoms with van der Waals surface area (Å²) in [6.45, 7) is 6.50. The summed E-state index contributed by atoms with van der Waals surface area (Å²) in [6.07, 6.45) is 11.4. The van der Waals surface area contributed by atoms with Crippen LogP contribution in [0, 0.1) is 0 Å². The molecule has 0 radical (unpaired) electrons. The van der Waals surface area contributed by atoms with Crippen LogP contribution in [0.4, 0.5) is 0 Å². The average Bonchev–Trinajstić information content (AvgIpc) is 2.47. The summed E-state index contributed by atoms with van der Waals surface area (Å²) in [7, 11) is 0.0285. The van der Waals surface area contributed by atoms with Crippen LogP contribution in [-0.2, 0) is 13.6 Å². The topological polar surface area (TPSA) is 35.5 Å². The fraction of sp³-hybridized carbons (Fsp3) is 1.00. The predicted molar refractivity (Wildman–Crippen MR) is 87.5 cm³/mol. The van der Waals surface area contributed by atoms with Crippen molar-refractivity contribution in [3.63, 3.8) is 0 Å². The molecule has 0 atom stereocenters. The summed E-state index contributed by atoms with van der Waals surface area (Å²) in [6, 6.07) is 0. The molecule has 4 heteroatoms. The molecule has 0 saturated carbocycles. The maximum atomic E-state index is 12.9. The minimum Gasteiger partial charge on any atom is -0.312 e. The molecule has 0 unspecified atom stereocenters. The van der Waals surface area contributed by atoms with Crippen molar-refractivity contribution in [3.05, 3.63) is 0 Å². The van der Waals surface area contributed by atoms with Gasteiger partial charge in [-0.15, -0.1) is 0 Å². The van der Waals surface area contributed by atoms with Crippen LogP contribution in [0.1, 0.15) is 85.0 Å².